The van der Waals surface area contributed by atoms with Crippen LogP contribution in [0.15, 0.2) is 0 Å². The summed E-state index contributed by atoms with van der Waals surface area (Å²) in [7, 11) is 1.71. The highest BCUT2D eigenvalue weighted by Gasteiger charge is 2.02. The second-order valence-electron chi connectivity index (χ2n) is 2.34. The second-order valence-corrected chi connectivity index (χ2v) is 2.34. The van der Waals surface area contributed by atoms with Crippen molar-refractivity contribution in [2.24, 2.45) is 0 Å². The molecule has 0 aromatic carbocycles. The summed E-state index contributed by atoms with van der Waals surface area (Å²) >= 11 is 0. The highest BCUT2D eigenvalue weighted by Crippen LogP contribution is 1.90. The third-order valence-electron chi connectivity index (χ3n) is 1.39. The van der Waals surface area contributed by atoms with Gasteiger partial charge in [-0.25, -0.2) is 0 Å². The highest BCUT2D eigenvalue weighted by molar-refractivity contribution is 4.98. The standard InChI is InChI=1S/C9H17NO/c1-4-6-7-9(8-11-3)10-5-2/h9-10H,5,7-8H2,1-3H3. The molecule has 0 spiro atoms. The Kier molecular flexibility index (Phi) is 7.23. The Morgan fingerprint density at radius 3 is 2.73 bits per heavy atom. The smallest absolute Gasteiger partial charge is 0.0625 e. The van der Waals surface area contributed by atoms with Gasteiger partial charge in [0.2, 0.25) is 0 Å². The molecule has 0 aliphatic carbocycles. The SMILES string of the molecule is CC#CCC(COC)NCC. The molecule has 0 aliphatic heterocycles. The molecule has 1 atom stereocenters. The molecule has 2 heteroatoms. The average Bonchev–Trinajstić information content (AvgIpc) is 2.01. The molecule has 0 fully saturated rings. The van der Waals surface area contributed by atoms with Gasteiger partial charge in [0.25, 0.3) is 0 Å². The van der Waals surface area contributed by atoms with Crippen molar-refractivity contribution >= 4 is 0 Å². The molecule has 0 saturated heterocycles. The van der Waals surface area contributed by atoms with Crippen molar-refractivity contribution in [3.8, 4) is 11.8 Å². The van der Waals surface area contributed by atoms with E-state index in [0.717, 1.165) is 19.6 Å². The molecule has 0 radical (unpaired) electrons. The number of ether oxygens (including phenoxy) is 1. The molecule has 0 heterocycles. The minimum atomic E-state index is 0.387. The lowest BCUT2D eigenvalue weighted by atomic mass is 10.2. The molecule has 0 aromatic heterocycles. The molecule has 2 nitrogen and oxygen atoms in total. The van der Waals surface area contributed by atoms with Gasteiger partial charge in [0.1, 0.15) is 0 Å². The molecule has 0 aromatic rings. The van der Waals surface area contributed by atoms with Crippen LogP contribution in [-0.2, 0) is 4.74 Å². The van der Waals surface area contributed by atoms with Crippen molar-refractivity contribution in [2.45, 2.75) is 26.3 Å². The van der Waals surface area contributed by atoms with Gasteiger partial charge in [-0.05, 0) is 13.5 Å². The maximum atomic E-state index is 5.02. The predicted molar refractivity (Wildman–Crippen MR) is 47.4 cm³/mol. The van der Waals surface area contributed by atoms with E-state index in [4.69, 9.17) is 4.74 Å². The van der Waals surface area contributed by atoms with E-state index in [0.29, 0.717) is 6.04 Å². The quantitative estimate of drug-likeness (QED) is 0.599. The van der Waals surface area contributed by atoms with Gasteiger partial charge in [0.15, 0.2) is 0 Å². The average molecular weight is 155 g/mol. The molecule has 64 valence electrons. The fraction of sp³-hybridized carbons (Fsp3) is 0.778. The molecule has 11 heavy (non-hydrogen) atoms. The summed E-state index contributed by atoms with van der Waals surface area (Å²) in [4.78, 5) is 0. The van der Waals surface area contributed by atoms with Gasteiger partial charge >= 0.3 is 0 Å². The first kappa shape index (κ1) is 10.5. The van der Waals surface area contributed by atoms with Crippen LogP contribution in [0.25, 0.3) is 0 Å². The lowest BCUT2D eigenvalue weighted by Gasteiger charge is -2.12. The second kappa shape index (κ2) is 7.59. The van der Waals surface area contributed by atoms with E-state index in [2.05, 4.69) is 24.1 Å². The minimum Gasteiger partial charge on any atom is -0.383 e. The van der Waals surface area contributed by atoms with Crippen LogP contribution in [0, 0.1) is 11.8 Å². The van der Waals surface area contributed by atoms with Crippen molar-refractivity contribution in [1.29, 1.82) is 0 Å². The summed E-state index contributed by atoms with van der Waals surface area (Å²) in [5.74, 6) is 5.89. The molecular weight excluding hydrogens is 138 g/mol. The van der Waals surface area contributed by atoms with Gasteiger partial charge in [-0.1, -0.05) is 6.92 Å². The largest absolute Gasteiger partial charge is 0.383 e. The van der Waals surface area contributed by atoms with Crippen molar-refractivity contribution in [1.82, 2.24) is 5.32 Å². The first-order valence-corrected chi connectivity index (χ1v) is 3.97. The Bertz CT molecular complexity index is 128. The number of hydrogen-bond acceptors (Lipinski definition) is 2. The zero-order valence-corrected chi connectivity index (χ0v) is 7.61. The lowest BCUT2D eigenvalue weighted by Crippen LogP contribution is -2.32. The van der Waals surface area contributed by atoms with E-state index >= 15 is 0 Å². The van der Waals surface area contributed by atoms with E-state index in [9.17, 15) is 0 Å². The Balaban J connectivity index is 3.56. The van der Waals surface area contributed by atoms with Gasteiger partial charge in [-0.3, -0.25) is 0 Å². The summed E-state index contributed by atoms with van der Waals surface area (Å²) in [6, 6.07) is 0.387. The Morgan fingerprint density at radius 1 is 1.55 bits per heavy atom. The Hall–Kier alpha value is -0.520. The number of hydrogen-bond donors (Lipinski definition) is 1. The van der Waals surface area contributed by atoms with Crippen molar-refractivity contribution in [3.05, 3.63) is 0 Å². The van der Waals surface area contributed by atoms with Crippen LogP contribution in [0.3, 0.4) is 0 Å². The molecule has 1 unspecified atom stereocenters. The van der Waals surface area contributed by atoms with Crippen LogP contribution in [0.1, 0.15) is 20.3 Å². The zero-order valence-electron chi connectivity index (χ0n) is 7.61. The maximum Gasteiger partial charge on any atom is 0.0625 e. The van der Waals surface area contributed by atoms with Crippen molar-refractivity contribution < 1.29 is 4.74 Å². The Labute approximate surface area is 69.3 Å². The summed E-state index contributed by atoms with van der Waals surface area (Å²) in [5, 5.41) is 3.29. The zero-order chi connectivity index (χ0) is 8.53. The topological polar surface area (TPSA) is 21.3 Å². The van der Waals surface area contributed by atoms with Gasteiger partial charge in [-0.2, -0.15) is 0 Å². The lowest BCUT2D eigenvalue weighted by molar-refractivity contribution is 0.168. The van der Waals surface area contributed by atoms with Gasteiger partial charge < -0.3 is 10.1 Å². The van der Waals surface area contributed by atoms with E-state index in [1.54, 1.807) is 7.11 Å². The predicted octanol–water partition coefficient (Wildman–Crippen LogP) is 1.02. The van der Waals surface area contributed by atoms with Crippen molar-refractivity contribution in [3.63, 3.8) is 0 Å². The summed E-state index contributed by atoms with van der Waals surface area (Å²) in [5.41, 5.74) is 0. The van der Waals surface area contributed by atoms with Crippen LogP contribution >= 0.6 is 0 Å². The van der Waals surface area contributed by atoms with Gasteiger partial charge in [0.05, 0.1) is 6.61 Å². The van der Waals surface area contributed by atoms with Crippen LogP contribution < -0.4 is 5.32 Å². The van der Waals surface area contributed by atoms with Crippen molar-refractivity contribution in [2.75, 3.05) is 20.3 Å². The van der Waals surface area contributed by atoms with E-state index in [-0.39, 0.29) is 0 Å². The van der Waals surface area contributed by atoms with Crippen LogP contribution in [0.4, 0.5) is 0 Å². The van der Waals surface area contributed by atoms with Gasteiger partial charge in [-0.15, -0.1) is 11.8 Å². The number of likely N-dealkylation sites (N-methyl/N-ethyl adjacent to an activating group) is 1. The minimum absolute atomic E-state index is 0.387. The van der Waals surface area contributed by atoms with E-state index < -0.39 is 0 Å². The number of nitrogens with one attached hydrogen (secondary N) is 1. The normalized spacial score (nSPS) is 11.9. The molecular formula is C9H17NO. The first-order chi connectivity index (χ1) is 5.35. The monoisotopic (exact) mass is 155 g/mol. The fourth-order valence-electron chi connectivity index (χ4n) is 0.905. The molecule has 1 N–H and O–H groups in total. The Morgan fingerprint density at radius 2 is 2.27 bits per heavy atom. The summed E-state index contributed by atoms with van der Waals surface area (Å²) in [6.07, 6.45) is 0.873. The molecule has 0 amide bonds. The number of methoxy groups -OCH3 is 1. The van der Waals surface area contributed by atoms with Crippen LogP contribution in [-0.4, -0.2) is 26.3 Å². The fourth-order valence-corrected chi connectivity index (χ4v) is 0.905. The first-order valence-electron chi connectivity index (χ1n) is 3.97. The summed E-state index contributed by atoms with van der Waals surface area (Å²) < 4.78 is 5.02. The molecule has 0 aliphatic rings. The van der Waals surface area contributed by atoms with E-state index in [1.165, 1.54) is 0 Å². The third kappa shape index (κ3) is 5.90. The number of rotatable bonds is 5. The van der Waals surface area contributed by atoms with Crippen LogP contribution in [0.5, 0.6) is 0 Å². The third-order valence-corrected chi connectivity index (χ3v) is 1.39. The molecule has 0 bridgehead atoms. The summed E-state index contributed by atoms with van der Waals surface area (Å²) in [6.45, 7) is 5.65. The maximum absolute atomic E-state index is 5.02. The van der Waals surface area contributed by atoms with E-state index in [1.807, 2.05) is 6.92 Å². The van der Waals surface area contributed by atoms with Crippen LogP contribution in [0.2, 0.25) is 0 Å². The molecule has 0 rings (SSSR count). The van der Waals surface area contributed by atoms with Gasteiger partial charge in [0, 0.05) is 19.6 Å². The highest BCUT2D eigenvalue weighted by atomic mass is 16.5. The molecule has 0 saturated carbocycles.